The largest absolute Gasteiger partial charge is 0.573 e. The third-order valence-electron chi connectivity index (χ3n) is 4.91. The number of hydrogen-bond acceptors (Lipinski definition) is 4. The summed E-state index contributed by atoms with van der Waals surface area (Å²) in [7, 11) is 0. The van der Waals surface area contributed by atoms with Crippen LogP contribution in [0.15, 0.2) is 59.0 Å². The van der Waals surface area contributed by atoms with Gasteiger partial charge in [0.1, 0.15) is 23.7 Å². The number of halogens is 3. The molecule has 0 bridgehead atoms. The van der Waals surface area contributed by atoms with Gasteiger partial charge in [-0.15, -0.1) is 13.2 Å². The molecule has 1 heterocycles. The normalized spacial score (nSPS) is 11.5. The fraction of sp³-hybridized carbons (Fsp3) is 0.320. The third kappa shape index (κ3) is 6.15. The predicted octanol–water partition coefficient (Wildman–Crippen LogP) is 7.35. The number of carbonyl (C=O) groups excluding carboxylic acids is 1. The van der Waals surface area contributed by atoms with E-state index in [1.807, 2.05) is 0 Å². The highest BCUT2D eigenvalue weighted by Gasteiger charge is 2.32. The number of esters is 1. The van der Waals surface area contributed by atoms with Gasteiger partial charge in [0.05, 0.1) is 5.56 Å². The second-order valence-corrected chi connectivity index (χ2v) is 7.67. The van der Waals surface area contributed by atoms with Crippen molar-refractivity contribution in [2.45, 2.75) is 52.5 Å². The highest BCUT2D eigenvalue weighted by atomic mass is 19.4. The lowest BCUT2D eigenvalue weighted by atomic mass is 10.0. The zero-order valence-electron chi connectivity index (χ0n) is 18.1. The SMILES string of the molecule is C=C(C)C(=O)OCc1ccc2cc(-c3ccc(CCCCC)cc3OC(F)(F)F)oc2c1. The summed E-state index contributed by atoms with van der Waals surface area (Å²) in [5.74, 6) is -0.533. The Labute approximate surface area is 184 Å². The van der Waals surface area contributed by atoms with Crippen LogP contribution in [0.3, 0.4) is 0 Å². The zero-order chi connectivity index (χ0) is 23.3. The summed E-state index contributed by atoms with van der Waals surface area (Å²) in [4.78, 5) is 11.6. The molecule has 0 spiro atoms. The average Bonchev–Trinajstić information content (AvgIpc) is 3.14. The summed E-state index contributed by atoms with van der Waals surface area (Å²) in [6.07, 6.45) is -1.22. The van der Waals surface area contributed by atoms with E-state index in [1.54, 1.807) is 43.3 Å². The lowest BCUT2D eigenvalue weighted by Crippen LogP contribution is -2.17. The molecular formula is C25H25F3O4. The fourth-order valence-electron chi connectivity index (χ4n) is 3.28. The zero-order valence-corrected chi connectivity index (χ0v) is 18.1. The Bertz CT molecular complexity index is 1110. The van der Waals surface area contributed by atoms with Gasteiger partial charge in [0.25, 0.3) is 0 Å². The molecule has 1 aromatic heterocycles. The number of alkyl halides is 3. The Balaban J connectivity index is 1.90. The van der Waals surface area contributed by atoms with Gasteiger partial charge in [0.15, 0.2) is 0 Å². The van der Waals surface area contributed by atoms with E-state index in [4.69, 9.17) is 9.15 Å². The molecule has 0 aliphatic carbocycles. The Kier molecular flexibility index (Phi) is 7.28. The van der Waals surface area contributed by atoms with Crippen LogP contribution in [0.4, 0.5) is 13.2 Å². The van der Waals surface area contributed by atoms with Gasteiger partial charge in [-0.25, -0.2) is 4.79 Å². The maximum absolute atomic E-state index is 13.0. The molecule has 0 saturated carbocycles. The topological polar surface area (TPSA) is 48.7 Å². The van der Waals surface area contributed by atoms with Gasteiger partial charge in [-0.3, -0.25) is 0 Å². The van der Waals surface area contributed by atoms with Gasteiger partial charge >= 0.3 is 12.3 Å². The van der Waals surface area contributed by atoms with Gasteiger partial charge in [-0.05, 0) is 55.2 Å². The number of unbranched alkanes of at least 4 members (excludes halogenated alkanes) is 2. The first-order chi connectivity index (χ1) is 15.2. The molecule has 0 atom stereocenters. The van der Waals surface area contributed by atoms with E-state index >= 15 is 0 Å². The van der Waals surface area contributed by atoms with E-state index < -0.39 is 12.3 Å². The summed E-state index contributed by atoms with van der Waals surface area (Å²) in [6.45, 7) is 7.19. The second-order valence-electron chi connectivity index (χ2n) is 7.67. The minimum atomic E-state index is -4.82. The van der Waals surface area contributed by atoms with Crippen LogP contribution >= 0.6 is 0 Å². The van der Waals surface area contributed by atoms with Crippen molar-refractivity contribution < 1.29 is 31.9 Å². The molecule has 32 heavy (non-hydrogen) atoms. The summed E-state index contributed by atoms with van der Waals surface area (Å²) in [6, 6.07) is 11.7. The minimum absolute atomic E-state index is 0.0343. The molecule has 0 radical (unpaired) electrons. The maximum atomic E-state index is 13.0. The van der Waals surface area contributed by atoms with Gasteiger partial charge in [0, 0.05) is 11.0 Å². The first-order valence-corrected chi connectivity index (χ1v) is 10.4. The van der Waals surface area contributed by atoms with Crippen LogP contribution in [0.25, 0.3) is 22.3 Å². The quantitative estimate of drug-likeness (QED) is 0.196. The summed E-state index contributed by atoms with van der Waals surface area (Å²) >= 11 is 0. The highest BCUT2D eigenvalue weighted by Crippen LogP contribution is 2.38. The van der Waals surface area contributed by atoms with Crippen molar-refractivity contribution in [1.29, 1.82) is 0 Å². The van der Waals surface area contributed by atoms with Crippen LogP contribution in [-0.2, 0) is 22.6 Å². The van der Waals surface area contributed by atoms with Crippen LogP contribution in [0.1, 0.15) is 44.2 Å². The van der Waals surface area contributed by atoms with Crippen molar-refractivity contribution in [3.63, 3.8) is 0 Å². The molecule has 0 unspecified atom stereocenters. The van der Waals surface area contributed by atoms with Crippen LogP contribution in [0.5, 0.6) is 5.75 Å². The molecule has 3 aromatic rings. The van der Waals surface area contributed by atoms with E-state index in [2.05, 4.69) is 18.2 Å². The highest BCUT2D eigenvalue weighted by molar-refractivity contribution is 5.87. The molecule has 0 saturated heterocycles. The molecule has 0 N–H and O–H groups in total. The maximum Gasteiger partial charge on any atom is 0.573 e. The van der Waals surface area contributed by atoms with Crippen molar-refractivity contribution >= 4 is 16.9 Å². The monoisotopic (exact) mass is 446 g/mol. The number of rotatable bonds is 9. The standard InChI is InChI=1S/C25H25F3O4/c1-4-5-6-7-17-9-11-20(23(12-17)32-25(26,27)28)22-14-19-10-8-18(13-21(19)31-22)15-30-24(29)16(2)3/h8-14H,2,4-7,15H2,1,3H3. The van der Waals surface area contributed by atoms with Gasteiger partial charge in [-0.1, -0.05) is 44.5 Å². The number of aryl methyl sites for hydroxylation is 1. The number of carbonyl (C=O) groups is 1. The molecular weight excluding hydrogens is 421 g/mol. The minimum Gasteiger partial charge on any atom is -0.457 e. The smallest absolute Gasteiger partial charge is 0.457 e. The van der Waals surface area contributed by atoms with Crippen LogP contribution in [0.2, 0.25) is 0 Å². The van der Waals surface area contributed by atoms with Gasteiger partial charge in [0.2, 0.25) is 0 Å². The molecule has 0 amide bonds. The molecule has 3 rings (SSSR count). The van der Waals surface area contributed by atoms with Crippen molar-refractivity contribution in [1.82, 2.24) is 0 Å². The molecule has 2 aromatic carbocycles. The average molecular weight is 446 g/mol. The Hall–Kier alpha value is -3.22. The van der Waals surface area contributed by atoms with Gasteiger partial charge < -0.3 is 13.9 Å². The number of benzene rings is 2. The lowest BCUT2D eigenvalue weighted by molar-refractivity contribution is -0.274. The van der Waals surface area contributed by atoms with E-state index in [9.17, 15) is 18.0 Å². The van der Waals surface area contributed by atoms with Crippen molar-refractivity contribution in [2.75, 3.05) is 0 Å². The molecule has 0 fully saturated rings. The van der Waals surface area contributed by atoms with E-state index in [0.717, 1.165) is 24.8 Å². The predicted molar refractivity (Wildman–Crippen MR) is 116 cm³/mol. The number of hydrogen-bond donors (Lipinski definition) is 0. The summed E-state index contributed by atoms with van der Waals surface area (Å²) < 4.78 is 54.4. The molecule has 7 heteroatoms. The van der Waals surface area contributed by atoms with Crippen LogP contribution in [0, 0.1) is 0 Å². The van der Waals surface area contributed by atoms with E-state index in [-0.39, 0.29) is 23.7 Å². The molecule has 0 aliphatic heterocycles. The Morgan fingerprint density at radius 3 is 2.50 bits per heavy atom. The first kappa shape index (κ1) is 23.4. The van der Waals surface area contributed by atoms with Crippen molar-refractivity contribution in [3.05, 3.63) is 65.7 Å². The van der Waals surface area contributed by atoms with E-state index in [1.165, 1.54) is 6.07 Å². The van der Waals surface area contributed by atoms with Crippen LogP contribution < -0.4 is 4.74 Å². The number of furan rings is 1. The van der Waals surface area contributed by atoms with Crippen molar-refractivity contribution in [2.24, 2.45) is 0 Å². The van der Waals surface area contributed by atoms with Crippen molar-refractivity contribution in [3.8, 4) is 17.1 Å². The third-order valence-corrected chi connectivity index (χ3v) is 4.91. The summed E-state index contributed by atoms with van der Waals surface area (Å²) in [5.41, 5.74) is 2.44. The number of ether oxygens (including phenoxy) is 2. The Morgan fingerprint density at radius 2 is 1.81 bits per heavy atom. The fourth-order valence-corrected chi connectivity index (χ4v) is 3.28. The van der Waals surface area contributed by atoms with E-state index in [0.29, 0.717) is 28.5 Å². The molecule has 0 aliphatic rings. The van der Waals surface area contributed by atoms with Crippen LogP contribution in [-0.4, -0.2) is 12.3 Å². The molecule has 170 valence electrons. The lowest BCUT2D eigenvalue weighted by Gasteiger charge is -2.13. The first-order valence-electron chi connectivity index (χ1n) is 10.4. The summed E-state index contributed by atoms with van der Waals surface area (Å²) in [5, 5.41) is 0.708. The molecule has 4 nitrogen and oxygen atoms in total. The second kappa shape index (κ2) is 9.94. The number of fused-ring (bicyclic) bond motifs is 1. The Morgan fingerprint density at radius 1 is 1.06 bits per heavy atom. The van der Waals surface area contributed by atoms with Gasteiger partial charge in [-0.2, -0.15) is 0 Å².